The van der Waals surface area contributed by atoms with E-state index in [1.807, 2.05) is 0 Å². The van der Waals surface area contributed by atoms with Crippen molar-refractivity contribution < 1.29 is 77.3 Å². The number of hydrogen-bond acceptors (Lipinski definition) is 14. The minimum absolute atomic E-state index is 0.00140. The van der Waals surface area contributed by atoms with E-state index in [-0.39, 0.29) is 35.3 Å². The van der Waals surface area contributed by atoms with Crippen LogP contribution in [0.3, 0.4) is 0 Å². The summed E-state index contributed by atoms with van der Waals surface area (Å²) in [5.74, 6) is -2.32. The van der Waals surface area contributed by atoms with Crippen molar-refractivity contribution in [2.45, 2.75) is 80.8 Å². The summed E-state index contributed by atoms with van der Waals surface area (Å²) in [5.41, 5.74) is 0.608. The van der Waals surface area contributed by atoms with Gasteiger partial charge in [0.15, 0.2) is 11.5 Å². The molecule has 50 heavy (non-hydrogen) atoms. The van der Waals surface area contributed by atoms with Crippen molar-refractivity contribution >= 4 is 37.6 Å². The molecule has 17 nitrogen and oxygen atoms in total. The van der Waals surface area contributed by atoms with Crippen molar-refractivity contribution in [3.8, 4) is 11.5 Å². The minimum atomic E-state index is -5.21. The van der Waals surface area contributed by atoms with E-state index in [1.54, 1.807) is 0 Å². The van der Waals surface area contributed by atoms with Gasteiger partial charge >= 0.3 is 7.82 Å². The number of aliphatic hydroxyl groups excluding tert-OH is 5. The molecular weight excluding hydrogens is 714 g/mol. The van der Waals surface area contributed by atoms with E-state index in [2.05, 4.69) is 5.32 Å². The number of amides is 1. The van der Waals surface area contributed by atoms with Crippen molar-refractivity contribution in [3.05, 3.63) is 63.9 Å². The molecule has 3 aliphatic rings. The zero-order valence-corrected chi connectivity index (χ0v) is 27.6. The second-order valence-electron chi connectivity index (χ2n) is 11.7. The van der Waals surface area contributed by atoms with Crippen LogP contribution < -0.4 is 14.6 Å². The number of carbonyl (C=O) groups is 1. The molecule has 11 unspecified atom stereocenters. The molecule has 9 N–H and O–H groups in total. The van der Waals surface area contributed by atoms with Gasteiger partial charge in [-0.15, -0.1) is 0 Å². The van der Waals surface area contributed by atoms with Gasteiger partial charge in [-0.05, 0) is 48.4 Å². The third-order valence-corrected chi connectivity index (χ3v) is 8.97. The fourth-order valence-corrected chi connectivity index (χ4v) is 6.28. The van der Waals surface area contributed by atoms with Gasteiger partial charge in [-0.3, -0.25) is 14.6 Å². The van der Waals surface area contributed by atoms with Crippen LogP contribution >= 0.6 is 19.4 Å². The first-order valence-electron chi connectivity index (χ1n) is 15.0. The molecule has 20 heteroatoms. The number of carbonyl (C=O) groups excluding carboxylic acids is 1. The summed E-state index contributed by atoms with van der Waals surface area (Å²) in [6.45, 7) is 0.986. The third-order valence-electron chi connectivity index (χ3n) is 8.24. The van der Waals surface area contributed by atoms with Crippen molar-refractivity contribution in [3.63, 3.8) is 0 Å². The highest BCUT2D eigenvalue weighted by Crippen LogP contribution is 2.43. The lowest BCUT2D eigenvalue weighted by Gasteiger charge is -2.41. The molecule has 2 aromatic carbocycles. The maximum absolute atomic E-state index is 13.5. The second kappa shape index (κ2) is 15.7. The van der Waals surface area contributed by atoms with Crippen molar-refractivity contribution in [1.82, 2.24) is 5.32 Å². The zero-order chi connectivity index (χ0) is 36.5. The van der Waals surface area contributed by atoms with Crippen LogP contribution in [-0.2, 0) is 34.9 Å². The van der Waals surface area contributed by atoms with E-state index in [4.69, 9.17) is 45.2 Å². The van der Waals surface area contributed by atoms with Gasteiger partial charge in [0.1, 0.15) is 67.5 Å². The second-order valence-corrected chi connectivity index (χ2v) is 13.3. The normalized spacial score (nSPS) is 31.9. The number of hydrogen-bond donors (Lipinski definition) is 9. The van der Waals surface area contributed by atoms with E-state index in [0.29, 0.717) is 5.56 Å². The molecule has 3 fully saturated rings. The first-order valence-corrected chi connectivity index (χ1v) is 16.9. The summed E-state index contributed by atoms with van der Waals surface area (Å²) < 4.78 is 57.4. The van der Waals surface area contributed by atoms with E-state index in [1.165, 1.54) is 37.3 Å². The van der Waals surface area contributed by atoms with E-state index in [9.17, 15) is 49.1 Å². The maximum atomic E-state index is 13.5. The Morgan fingerprint density at radius 1 is 1.04 bits per heavy atom. The number of halogens is 2. The molecule has 1 saturated carbocycles. The van der Waals surface area contributed by atoms with Gasteiger partial charge in [-0.25, -0.2) is 8.96 Å². The van der Waals surface area contributed by atoms with Gasteiger partial charge in [-0.1, -0.05) is 23.7 Å². The van der Waals surface area contributed by atoms with Crippen molar-refractivity contribution in [1.29, 1.82) is 5.41 Å². The van der Waals surface area contributed by atoms with Crippen molar-refractivity contribution in [2.75, 3.05) is 6.79 Å². The summed E-state index contributed by atoms with van der Waals surface area (Å²) in [6, 6.07) is 6.14. The van der Waals surface area contributed by atoms with Gasteiger partial charge in [0.05, 0.1) is 17.7 Å². The molecule has 1 aliphatic carbocycles. The Hall–Kier alpha value is -3.07. The number of nitrogens with one attached hydrogen (secondary N) is 2. The Morgan fingerprint density at radius 3 is 2.40 bits per heavy atom. The number of ether oxygens (including phenoxy) is 5. The lowest BCUT2D eigenvalue weighted by molar-refractivity contribution is -0.155. The van der Waals surface area contributed by atoms with E-state index >= 15 is 0 Å². The number of aliphatic hydroxyl groups is 5. The minimum Gasteiger partial charge on any atom is -0.458 e. The molecule has 0 aromatic heterocycles. The lowest BCUT2D eigenvalue weighted by Crippen LogP contribution is -2.67. The van der Waals surface area contributed by atoms with Crippen LogP contribution in [0.4, 0.5) is 4.39 Å². The SMILES string of the molecule is C/C(=C\c1ccc(OC2OC(C(C=N)OCc3ccc(F)c(Cl)c3)C(O)C2O)c(OP(=O)(O)O)c1)C(=O)NC1C(O)C(O)C2OCOC2C1O. The summed E-state index contributed by atoms with van der Waals surface area (Å²) in [4.78, 5) is 32.1. The number of benzene rings is 2. The number of fused-ring (bicyclic) bond motifs is 1. The van der Waals surface area contributed by atoms with Gasteiger partial charge < -0.3 is 64.5 Å². The van der Waals surface area contributed by atoms with Crippen molar-refractivity contribution in [2.24, 2.45) is 0 Å². The van der Waals surface area contributed by atoms with Gasteiger partial charge in [-0.2, -0.15) is 0 Å². The Kier molecular flexibility index (Phi) is 12.0. The Balaban J connectivity index is 1.29. The monoisotopic (exact) mass is 748 g/mol. The number of phosphoric acid groups is 1. The fraction of sp³-hybridized carbons (Fsp3) is 0.467. The van der Waals surface area contributed by atoms with Crippen LogP contribution in [0.25, 0.3) is 6.08 Å². The smallest absolute Gasteiger partial charge is 0.458 e. The van der Waals surface area contributed by atoms with Crippen LogP contribution in [0.15, 0.2) is 42.0 Å². The van der Waals surface area contributed by atoms with Crippen LogP contribution in [0, 0.1) is 11.2 Å². The average molecular weight is 749 g/mol. The molecule has 274 valence electrons. The standard InChI is InChI=1S/C30H35ClFN2O15P/c1-12(29(40)34-20-21(35)23(37)28-27(22(20)36)45-11-46-28)6-13-3-5-17(18(8-13)49-50(41,42)43)47-30-25(39)24(38)26(48-30)19(9-33)44-10-14-2-4-16(32)15(31)7-14/h2-9,19-28,30,33,35-39H,10-11H2,1H3,(H,34,40)(H2,41,42,43)/b12-6+,33-9?. The van der Waals surface area contributed by atoms with Gasteiger partial charge in [0.25, 0.3) is 0 Å². The molecule has 0 bridgehead atoms. The fourth-order valence-electron chi connectivity index (χ4n) is 5.67. The first-order chi connectivity index (χ1) is 23.6. The quantitative estimate of drug-likeness (QED) is 0.0769. The van der Waals surface area contributed by atoms with Gasteiger partial charge in [0.2, 0.25) is 12.2 Å². The summed E-state index contributed by atoms with van der Waals surface area (Å²) in [7, 11) is -5.21. The molecule has 2 saturated heterocycles. The van der Waals surface area contributed by atoms with Crippen LogP contribution in [-0.4, -0.2) is 122 Å². The summed E-state index contributed by atoms with van der Waals surface area (Å²) >= 11 is 5.79. The topological polar surface area (TPSA) is 267 Å². The maximum Gasteiger partial charge on any atom is 0.524 e. The van der Waals surface area contributed by atoms with Crippen LogP contribution in [0.1, 0.15) is 18.1 Å². The highest BCUT2D eigenvalue weighted by molar-refractivity contribution is 7.46. The van der Waals surface area contributed by atoms with Crippen LogP contribution in [0.2, 0.25) is 5.02 Å². The first kappa shape index (κ1) is 38.2. The number of phosphoric ester groups is 1. The third kappa shape index (κ3) is 8.51. The molecule has 2 aliphatic heterocycles. The Bertz CT molecular complexity index is 1650. The predicted molar refractivity (Wildman–Crippen MR) is 167 cm³/mol. The largest absolute Gasteiger partial charge is 0.524 e. The molecule has 2 heterocycles. The molecule has 2 aromatic rings. The Labute approximate surface area is 288 Å². The number of rotatable bonds is 12. The lowest BCUT2D eigenvalue weighted by atomic mass is 9.83. The molecule has 5 rings (SSSR count). The molecular formula is C30H35ClFN2O15P. The molecule has 11 atom stereocenters. The zero-order valence-electron chi connectivity index (χ0n) is 26.0. The van der Waals surface area contributed by atoms with E-state index in [0.717, 1.165) is 18.3 Å². The summed E-state index contributed by atoms with van der Waals surface area (Å²) in [5, 5.41) is 62.9. The summed E-state index contributed by atoms with van der Waals surface area (Å²) in [6.07, 6.45) is -12.0. The molecule has 1 amide bonds. The molecule has 0 radical (unpaired) electrons. The highest BCUT2D eigenvalue weighted by atomic mass is 35.5. The molecule has 0 spiro atoms. The highest BCUT2D eigenvalue weighted by Gasteiger charge is 2.53. The van der Waals surface area contributed by atoms with E-state index < -0.39 is 92.6 Å². The average Bonchev–Trinajstić information content (AvgIpc) is 3.66. The van der Waals surface area contributed by atoms with Crippen LogP contribution in [0.5, 0.6) is 11.5 Å². The van der Waals surface area contributed by atoms with Gasteiger partial charge in [0, 0.05) is 11.8 Å². The predicted octanol–water partition coefficient (Wildman–Crippen LogP) is -0.263. The Morgan fingerprint density at radius 2 is 1.74 bits per heavy atom.